The number of aliphatic carboxylic acids is 1. The second-order valence-corrected chi connectivity index (χ2v) is 10.6. The van der Waals surface area contributed by atoms with E-state index in [2.05, 4.69) is 56.6 Å². The minimum absolute atomic E-state index is 0.0956. The molecule has 0 fully saturated rings. The number of carbonyl (C=O) groups is 3. The van der Waals surface area contributed by atoms with Crippen LogP contribution in [0.4, 0.5) is 0 Å². The topological polar surface area (TPSA) is 116 Å². The Bertz CT molecular complexity index is 979. The molecule has 8 heteroatoms. The largest absolute Gasteiger partial charge is 0.508 e. The van der Waals surface area contributed by atoms with Gasteiger partial charge in [0.15, 0.2) is 0 Å². The van der Waals surface area contributed by atoms with Gasteiger partial charge in [-0.05, 0) is 71.1 Å². The highest BCUT2D eigenvalue weighted by Gasteiger charge is 2.26. The van der Waals surface area contributed by atoms with Gasteiger partial charge in [-0.1, -0.05) is 47.1 Å². The zero-order chi connectivity index (χ0) is 27.8. The number of hydrogen-bond donors (Lipinski definition) is 4. The molecule has 0 aliphatic heterocycles. The summed E-state index contributed by atoms with van der Waals surface area (Å²) in [5, 5.41) is 24.2. The Morgan fingerprint density at radius 2 is 1.46 bits per heavy atom. The van der Waals surface area contributed by atoms with Gasteiger partial charge in [-0.2, -0.15) is 11.8 Å². The van der Waals surface area contributed by atoms with Gasteiger partial charge >= 0.3 is 5.97 Å². The molecular formula is C29H42N2O5S. The van der Waals surface area contributed by atoms with E-state index in [4.69, 9.17) is 0 Å². The molecule has 204 valence electrons. The Balaban J connectivity index is 2.56. The fourth-order valence-electron chi connectivity index (χ4n) is 3.50. The van der Waals surface area contributed by atoms with Crippen LogP contribution in [0, 0.1) is 0 Å². The monoisotopic (exact) mass is 530 g/mol. The molecule has 1 aromatic rings. The lowest BCUT2D eigenvalue weighted by atomic mass is 10.0. The van der Waals surface area contributed by atoms with E-state index in [9.17, 15) is 24.6 Å². The van der Waals surface area contributed by atoms with Gasteiger partial charge in [0.1, 0.15) is 17.8 Å². The molecule has 0 aromatic heterocycles. The van der Waals surface area contributed by atoms with Crippen LogP contribution in [0.5, 0.6) is 5.75 Å². The Morgan fingerprint density at radius 1 is 0.865 bits per heavy atom. The number of nitrogens with one attached hydrogen (secondary N) is 2. The highest BCUT2D eigenvalue weighted by Crippen LogP contribution is 2.14. The third-order valence-corrected chi connectivity index (χ3v) is 6.61. The summed E-state index contributed by atoms with van der Waals surface area (Å²) in [6, 6.07) is 4.29. The lowest BCUT2D eigenvalue weighted by molar-refractivity contribution is -0.141. The van der Waals surface area contributed by atoms with Crippen molar-refractivity contribution in [2.75, 3.05) is 11.5 Å². The normalized spacial score (nSPS) is 13.4. The summed E-state index contributed by atoms with van der Waals surface area (Å²) in [6.45, 7) is 9.76. The first-order chi connectivity index (χ1) is 17.5. The number of phenols is 1. The van der Waals surface area contributed by atoms with Crippen molar-refractivity contribution in [1.29, 1.82) is 0 Å². The molecular weight excluding hydrogens is 488 g/mol. The van der Waals surface area contributed by atoms with Crippen molar-refractivity contribution >= 4 is 29.5 Å². The molecule has 0 radical (unpaired) electrons. The fraction of sp³-hybridized carbons (Fsp3) is 0.483. The molecule has 0 saturated heterocycles. The molecule has 0 heterocycles. The van der Waals surface area contributed by atoms with Crippen LogP contribution in [0.25, 0.3) is 0 Å². The SMILES string of the molecule is CC(=O)N[C@@H](Cc1ccc(O)cc1)C(=O)N[C@@H](CSCC=C(C)CCC=C(C)CCC=C(C)C)C(=O)O. The van der Waals surface area contributed by atoms with E-state index in [1.165, 1.54) is 47.5 Å². The summed E-state index contributed by atoms with van der Waals surface area (Å²) in [5.41, 5.74) is 4.71. The van der Waals surface area contributed by atoms with Crippen LogP contribution in [-0.2, 0) is 20.8 Å². The summed E-state index contributed by atoms with van der Waals surface area (Å²) in [7, 11) is 0. The van der Waals surface area contributed by atoms with E-state index in [1.54, 1.807) is 12.1 Å². The number of thioether (sulfide) groups is 1. The molecule has 1 aromatic carbocycles. The maximum absolute atomic E-state index is 12.8. The average Bonchev–Trinajstić information content (AvgIpc) is 2.81. The Morgan fingerprint density at radius 3 is 2.03 bits per heavy atom. The van der Waals surface area contributed by atoms with E-state index in [-0.39, 0.29) is 17.9 Å². The summed E-state index contributed by atoms with van der Waals surface area (Å²) in [4.78, 5) is 36.2. The Labute approximate surface area is 225 Å². The molecule has 1 rings (SSSR count). The number of rotatable bonds is 16. The Hall–Kier alpha value is -3.00. The highest BCUT2D eigenvalue weighted by atomic mass is 32.2. The van der Waals surface area contributed by atoms with Gasteiger partial charge in [0.2, 0.25) is 11.8 Å². The van der Waals surface area contributed by atoms with Crippen molar-refractivity contribution in [3.05, 3.63) is 64.8 Å². The van der Waals surface area contributed by atoms with Crippen LogP contribution in [0.3, 0.4) is 0 Å². The van der Waals surface area contributed by atoms with Gasteiger partial charge in [-0.25, -0.2) is 4.79 Å². The van der Waals surface area contributed by atoms with Crippen LogP contribution in [0.15, 0.2) is 59.2 Å². The van der Waals surface area contributed by atoms with E-state index in [0.29, 0.717) is 5.75 Å². The van der Waals surface area contributed by atoms with Crippen LogP contribution < -0.4 is 10.6 Å². The van der Waals surface area contributed by atoms with E-state index >= 15 is 0 Å². The highest BCUT2D eigenvalue weighted by molar-refractivity contribution is 7.99. The number of carboxylic acids is 1. The molecule has 2 amide bonds. The quantitative estimate of drug-likeness (QED) is 0.173. The lowest BCUT2D eigenvalue weighted by Gasteiger charge is -2.21. The smallest absolute Gasteiger partial charge is 0.327 e. The number of phenolic OH excluding ortho intramolecular Hbond substituents is 1. The molecule has 0 bridgehead atoms. The van der Waals surface area contributed by atoms with E-state index in [1.807, 2.05) is 0 Å². The fourth-order valence-corrected chi connectivity index (χ4v) is 4.50. The van der Waals surface area contributed by atoms with Crippen molar-refractivity contribution < 1.29 is 24.6 Å². The number of allylic oxidation sites excluding steroid dienone is 5. The second-order valence-electron chi connectivity index (χ2n) is 9.52. The summed E-state index contributed by atoms with van der Waals surface area (Å²) < 4.78 is 0. The molecule has 37 heavy (non-hydrogen) atoms. The number of carboxylic acid groups (broad SMARTS) is 1. The van der Waals surface area contributed by atoms with Gasteiger partial charge in [0.05, 0.1) is 0 Å². The zero-order valence-electron chi connectivity index (χ0n) is 22.7. The first-order valence-corrected chi connectivity index (χ1v) is 13.7. The van der Waals surface area contributed by atoms with Gasteiger partial charge < -0.3 is 20.8 Å². The first kappa shape index (κ1) is 32.0. The second kappa shape index (κ2) is 17.5. The van der Waals surface area contributed by atoms with E-state index < -0.39 is 29.9 Å². The first-order valence-electron chi connectivity index (χ1n) is 12.6. The lowest BCUT2D eigenvalue weighted by Crippen LogP contribution is -2.52. The summed E-state index contributed by atoms with van der Waals surface area (Å²) >= 11 is 1.44. The van der Waals surface area contributed by atoms with Crippen LogP contribution in [0.2, 0.25) is 0 Å². The van der Waals surface area contributed by atoms with Crippen molar-refractivity contribution in [1.82, 2.24) is 10.6 Å². The third-order valence-electron chi connectivity index (χ3n) is 5.64. The molecule has 0 aliphatic rings. The number of hydrogen-bond acceptors (Lipinski definition) is 5. The van der Waals surface area contributed by atoms with Gasteiger partial charge in [-0.15, -0.1) is 0 Å². The molecule has 0 unspecified atom stereocenters. The van der Waals surface area contributed by atoms with Gasteiger partial charge in [-0.3, -0.25) is 9.59 Å². The average molecular weight is 531 g/mol. The van der Waals surface area contributed by atoms with Crippen LogP contribution in [0.1, 0.15) is 65.9 Å². The van der Waals surface area contributed by atoms with Crippen molar-refractivity contribution in [3.8, 4) is 5.75 Å². The molecule has 0 aliphatic carbocycles. The van der Waals surface area contributed by atoms with Crippen molar-refractivity contribution in [2.24, 2.45) is 0 Å². The van der Waals surface area contributed by atoms with E-state index in [0.717, 1.165) is 31.2 Å². The summed E-state index contributed by atoms with van der Waals surface area (Å²) in [5.74, 6) is -1.12. The number of amides is 2. The standard InChI is InChI=1S/C29H42N2O5S/c1-20(2)8-6-9-21(3)10-7-11-22(4)16-17-37-19-27(29(35)36)31-28(34)26(30-23(5)32)18-24-12-14-25(33)15-13-24/h8,10,12-16,26-27,33H,6-7,9,11,17-19H2,1-5H3,(H,30,32)(H,31,34)(H,35,36)/t26-,27-/m0/s1. The minimum Gasteiger partial charge on any atom is -0.508 e. The number of benzene rings is 1. The van der Waals surface area contributed by atoms with Gasteiger partial charge in [0.25, 0.3) is 0 Å². The third kappa shape index (κ3) is 15.0. The predicted octanol–water partition coefficient (Wildman–Crippen LogP) is 5.16. The predicted molar refractivity (Wildman–Crippen MR) is 152 cm³/mol. The Kier molecular flexibility index (Phi) is 15.1. The molecule has 4 N–H and O–H groups in total. The molecule has 0 saturated carbocycles. The zero-order valence-corrected chi connectivity index (χ0v) is 23.5. The molecule has 2 atom stereocenters. The van der Waals surface area contributed by atoms with Crippen LogP contribution >= 0.6 is 11.8 Å². The minimum atomic E-state index is -1.12. The number of aromatic hydroxyl groups is 1. The summed E-state index contributed by atoms with van der Waals surface area (Å²) in [6.07, 6.45) is 10.9. The maximum atomic E-state index is 12.8. The molecule has 0 spiro atoms. The number of carbonyl (C=O) groups excluding carboxylic acids is 2. The van der Waals surface area contributed by atoms with Crippen molar-refractivity contribution in [3.63, 3.8) is 0 Å². The van der Waals surface area contributed by atoms with Gasteiger partial charge in [0, 0.05) is 24.9 Å². The van der Waals surface area contributed by atoms with Crippen molar-refractivity contribution in [2.45, 2.75) is 78.8 Å². The van der Waals surface area contributed by atoms with Crippen LogP contribution in [-0.4, -0.2) is 51.6 Å². The maximum Gasteiger partial charge on any atom is 0.327 e. The molecule has 7 nitrogen and oxygen atoms in total.